The molecule has 1 aromatic heterocycles. The minimum Gasteiger partial charge on any atom is -0.385 e. The Morgan fingerprint density at radius 3 is 3.06 bits per heavy atom. The predicted octanol–water partition coefficient (Wildman–Crippen LogP) is -1.33. The van der Waals surface area contributed by atoms with Crippen LogP contribution in [-0.2, 0) is 4.74 Å². The zero-order valence-corrected chi connectivity index (χ0v) is 9.15. The molecular formula is C9H13N5O3. The molecule has 1 fully saturated rings. The Kier molecular flexibility index (Phi) is 1.90. The van der Waals surface area contributed by atoms with E-state index < -0.39 is 17.4 Å². The van der Waals surface area contributed by atoms with Gasteiger partial charge in [-0.1, -0.05) is 0 Å². The Morgan fingerprint density at radius 2 is 2.41 bits per heavy atom. The number of aliphatic hydroxyl groups excluding tert-OH is 1. The van der Waals surface area contributed by atoms with Gasteiger partial charge in [0, 0.05) is 0 Å². The van der Waals surface area contributed by atoms with Crippen molar-refractivity contribution in [2.45, 2.75) is 24.9 Å². The third-order valence-electron chi connectivity index (χ3n) is 3.12. The quantitative estimate of drug-likeness (QED) is 0.379. The van der Waals surface area contributed by atoms with Crippen molar-refractivity contribution in [3.8, 4) is 0 Å². The van der Waals surface area contributed by atoms with Gasteiger partial charge in [-0.3, -0.25) is 4.79 Å². The van der Waals surface area contributed by atoms with Gasteiger partial charge in [-0.2, -0.15) is 4.98 Å². The second-order valence-corrected chi connectivity index (χ2v) is 4.31. The van der Waals surface area contributed by atoms with Gasteiger partial charge >= 0.3 is 0 Å². The maximum absolute atomic E-state index is 11.6. The summed E-state index contributed by atoms with van der Waals surface area (Å²) in [5.74, 6) is 0.505. The first-order valence-electron chi connectivity index (χ1n) is 5.29. The maximum Gasteiger partial charge on any atom is 0.300 e. The second-order valence-electron chi connectivity index (χ2n) is 4.31. The van der Waals surface area contributed by atoms with Crippen LogP contribution in [0.3, 0.4) is 0 Å². The van der Waals surface area contributed by atoms with E-state index in [1.165, 1.54) is 0 Å². The minimum atomic E-state index is -0.947. The van der Waals surface area contributed by atoms with Gasteiger partial charge in [0.1, 0.15) is 17.6 Å². The molecule has 3 heterocycles. The third-order valence-corrected chi connectivity index (χ3v) is 3.12. The average molecular weight is 239 g/mol. The van der Waals surface area contributed by atoms with Gasteiger partial charge in [0.15, 0.2) is 5.72 Å². The van der Waals surface area contributed by atoms with Crippen LogP contribution in [-0.4, -0.2) is 39.6 Å². The predicted molar refractivity (Wildman–Crippen MR) is 60.7 cm³/mol. The lowest BCUT2D eigenvalue weighted by Gasteiger charge is -2.53. The summed E-state index contributed by atoms with van der Waals surface area (Å²) >= 11 is 0. The Labute approximate surface area is 96.2 Å². The molecule has 1 saturated heterocycles. The average Bonchev–Trinajstić information content (AvgIpc) is 2.29. The number of nitrogens with one attached hydrogen (secondary N) is 3. The summed E-state index contributed by atoms with van der Waals surface area (Å²) in [6, 6.07) is 0. The zero-order valence-electron chi connectivity index (χ0n) is 9.15. The van der Waals surface area contributed by atoms with E-state index in [4.69, 9.17) is 10.5 Å². The van der Waals surface area contributed by atoms with Gasteiger partial charge in [0.25, 0.3) is 5.56 Å². The molecule has 0 radical (unpaired) electrons. The number of aliphatic hydroxyl groups is 1. The number of hydrogen-bond acceptors (Lipinski definition) is 7. The summed E-state index contributed by atoms with van der Waals surface area (Å²) in [6.07, 6.45) is -0.938. The summed E-state index contributed by atoms with van der Waals surface area (Å²) in [5.41, 5.74) is 4.23. The molecule has 1 aromatic rings. The van der Waals surface area contributed by atoms with Gasteiger partial charge in [-0.05, 0) is 6.92 Å². The van der Waals surface area contributed by atoms with Crippen molar-refractivity contribution in [3.63, 3.8) is 0 Å². The van der Waals surface area contributed by atoms with Crippen LogP contribution in [0.5, 0.6) is 0 Å². The highest BCUT2D eigenvalue weighted by Gasteiger charge is 2.55. The molecule has 0 bridgehead atoms. The van der Waals surface area contributed by atoms with Crippen molar-refractivity contribution < 1.29 is 9.84 Å². The third kappa shape index (κ3) is 1.31. The fourth-order valence-electron chi connectivity index (χ4n) is 2.24. The SMILES string of the molecule is C[C@@H]1O[C@@]2(CNc3[nH]c(N)nc(=O)c3N2)[C@H]1O. The first-order chi connectivity index (χ1) is 8.02. The first-order valence-corrected chi connectivity index (χ1v) is 5.29. The molecule has 17 heavy (non-hydrogen) atoms. The summed E-state index contributed by atoms with van der Waals surface area (Å²) in [5, 5.41) is 15.7. The van der Waals surface area contributed by atoms with Crippen LogP contribution in [0.25, 0.3) is 0 Å². The zero-order chi connectivity index (χ0) is 12.2. The number of rotatable bonds is 0. The topological polar surface area (TPSA) is 125 Å². The van der Waals surface area contributed by atoms with Gasteiger partial charge < -0.3 is 31.2 Å². The lowest BCUT2D eigenvalue weighted by atomic mass is 9.93. The number of aromatic nitrogens is 2. The van der Waals surface area contributed by atoms with Crippen LogP contribution in [0.4, 0.5) is 17.5 Å². The highest BCUT2D eigenvalue weighted by Crippen LogP contribution is 2.37. The second kappa shape index (κ2) is 3.11. The lowest BCUT2D eigenvalue weighted by Crippen LogP contribution is -2.72. The van der Waals surface area contributed by atoms with Crippen molar-refractivity contribution in [2.24, 2.45) is 0 Å². The van der Waals surface area contributed by atoms with Gasteiger partial charge in [0.2, 0.25) is 5.95 Å². The first kappa shape index (κ1) is 10.4. The van der Waals surface area contributed by atoms with Crippen LogP contribution < -0.4 is 21.9 Å². The van der Waals surface area contributed by atoms with Gasteiger partial charge in [0.05, 0.1) is 12.6 Å². The van der Waals surface area contributed by atoms with Crippen molar-refractivity contribution in [3.05, 3.63) is 10.4 Å². The number of nitrogen functional groups attached to an aromatic ring is 1. The Balaban J connectivity index is 1.99. The molecule has 0 aliphatic carbocycles. The fraction of sp³-hybridized carbons (Fsp3) is 0.556. The minimum absolute atomic E-state index is 0.0439. The molecule has 3 rings (SSSR count). The monoisotopic (exact) mass is 239 g/mol. The molecule has 0 amide bonds. The van der Waals surface area contributed by atoms with Crippen LogP contribution >= 0.6 is 0 Å². The van der Waals surface area contributed by atoms with E-state index in [2.05, 4.69) is 20.6 Å². The smallest absolute Gasteiger partial charge is 0.300 e. The number of hydrogen-bond donors (Lipinski definition) is 5. The molecule has 2 aliphatic heterocycles. The molecule has 1 spiro atoms. The van der Waals surface area contributed by atoms with Gasteiger partial charge in [-0.15, -0.1) is 0 Å². The molecule has 0 aromatic carbocycles. The van der Waals surface area contributed by atoms with Crippen molar-refractivity contribution in [1.29, 1.82) is 0 Å². The molecule has 2 aliphatic rings. The van der Waals surface area contributed by atoms with E-state index in [-0.39, 0.29) is 17.7 Å². The molecular weight excluding hydrogens is 226 g/mol. The van der Waals surface area contributed by atoms with Crippen LogP contribution in [0, 0.1) is 0 Å². The van der Waals surface area contributed by atoms with Crippen LogP contribution in [0.1, 0.15) is 6.92 Å². The van der Waals surface area contributed by atoms with Crippen LogP contribution in [0.2, 0.25) is 0 Å². The standard InChI is InChI=1S/C9H13N5O3/c1-3-5(15)9(17-3)2-11-6-4(14-9)7(16)13-8(10)12-6/h3,5,14-15H,2H2,1H3,(H4,10,11,12,13,16)/t3-,5-,9-/m0/s1. The summed E-state index contributed by atoms with van der Waals surface area (Å²) < 4.78 is 5.49. The number of ether oxygens (including phenoxy) is 1. The Bertz CT molecular complexity index is 530. The number of anilines is 3. The lowest BCUT2D eigenvalue weighted by molar-refractivity contribution is -0.262. The Hall–Kier alpha value is -1.80. The highest BCUT2D eigenvalue weighted by molar-refractivity contribution is 5.68. The summed E-state index contributed by atoms with van der Waals surface area (Å²) in [4.78, 5) is 18.0. The number of aromatic amines is 1. The largest absolute Gasteiger partial charge is 0.385 e. The molecule has 0 saturated carbocycles. The number of fused-ring (bicyclic) bond motifs is 1. The molecule has 6 N–H and O–H groups in total. The molecule has 0 unspecified atom stereocenters. The van der Waals surface area contributed by atoms with Crippen molar-refractivity contribution in [1.82, 2.24) is 9.97 Å². The van der Waals surface area contributed by atoms with E-state index in [0.717, 1.165) is 0 Å². The number of nitrogens with two attached hydrogens (primary N) is 1. The van der Waals surface area contributed by atoms with E-state index in [1.807, 2.05) is 0 Å². The highest BCUT2D eigenvalue weighted by atomic mass is 16.6. The van der Waals surface area contributed by atoms with Crippen molar-refractivity contribution >= 4 is 17.5 Å². The maximum atomic E-state index is 11.6. The van der Waals surface area contributed by atoms with E-state index in [9.17, 15) is 9.90 Å². The number of H-pyrrole nitrogens is 1. The molecule has 3 atom stereocenters. The fourth-order valence-corrected chi connectivity index (χ4v) is 2.24. The summed E-state index contributed by atoms with van der Waals surface area (Å²) in [7, 11) is 0. The van der Waals surface area contributed by atoms with Gasteiger partial charge in [-0.25, -0.2) is 0 Å². The molecule has 8 heteroatoms. The molecule has 92 valence electrons. The Morgan fingerprint density at radius 1 is 1.65 bits per heavy atom. The van der Waals surface area contributed by atoms with Crippen LogP contribution in [0.15, 0.2) is 4.79 Å². The normalized spacial score (nSPS) is 34.5. The number of nitrogens with zero attached hydrogens (tertiary/aromatic N) is 1. The molecule has 8 nitrogen and oxygen atoms in total. The van der Waals surface area contributed by atoms with E-state index in [1.54, 1.807) is 6.92 Å². The summed E-state index contributed by atoms with van der Waals surface area (Å²) in [6.45, 7) is 2.10. The van der Waals surface area contributed by atoms with E-state index in [0.29, 0.717) is 12.4 Å². The van der Waals surface area contributed by atoms with E-state index >= 15 is 0 Å². The van der Waals surface area contributed by atoms with Crippen molar-refractivity contribution in [2.75, 3.05) is 22.9 Å².